The zero-order valence-electron chi connectivity index (χ0n) is 15.1. The molecule has 0 saturated heterocycles. The highest BCUT2D eigenvalue weighted by Crippen LogP contribution is 1.96. The van der Waals surface area contributed by atoms with E-state index >= 15 is 0 Å². The van der Waals surface area contributed by atoms with Crippen molar-refractivity contribution >= 4 is 0 Å². The van der Waals surface area contributed by atoms with Gasteiger partial charge in [-0.05, 0) is 20.0 Å². The number of likely N-dealkylation sites (N-methyl/N-ethyl adjacent to an activating group) is 1. The Morgan fingerprint density at radius 1 is 0.609 bits per heavy atom. The Morgan fingerprint density at radius 2 is 1.00 bits per heavy atom. The van der Waals surface area contributed by atoms with Gasteiger partial charge in [-0.1, -0.05) is 6.92 Å². The maximum Gasteiger partial charge on any atom is 0.0558 e. The topological polar surface area (TPSA) is 82.4 Å². The van der Waals surface area contributed by atoms with Crippen molar-refractivity contribution in [2.45, 2.75) is 13.3 Å². The molecule has 23 heavy (non-hydrogen) atoms. The summed E-state index contributed by atoms with van der Waals surface area (Å²) < 4.78 is 0. The molecule has 140 valence electrons. The van der Waals surface area contributed by atoms with E-state index in [-0.39, 0.29) is 19.8 Å². The van der Waals surface area contributed by atoms with Gasteiger partial charge in [-0.25, -0.2) is 0 Å². The second kappa shape index (κ2) is 16.6. The Labute approximate surface area is 141 Å². The first-order valence-corrected chi connectivity index (χ1v) is 8.86. The van der Waals surface area contributed by atoms with Gasteiger partial charge >= 0.3 is 0 Å². The molecule has 0 amide bonds. The summed E-state index contributed by atoms with van der Waals surface area (Å²) in [6.07, 6.45) is 1.14. The molecule has 0 aromatic heterocycles. The van der Waals surface area contributed by atoms with E-state index in [1.165, 1.54) is 0 Å². The molecule has 4 N–H and O–H groups in total. The van der Waals surface area contributed by atoms with Gasteiger partial charge in [0.05, 0.1) is 19.8 Å². The summed E-state index contributed by atoms with van der Waals surface area (Å²) in [5.41, 5.74) is 0. The summed E-state index contributed by atoms with van der Waals surface area (Å²) in [6, 6.07) is 0. The average Bonchev–Trinajstić information content (AvgIpc) is 2.55. The first kappa shape index (κ1) is 22.7. The third kappa shape index (κ3) is 12.8. The van der Waals surface area contributed by atoms with Crippen LogP contribution < -0.4 is 5.32 Å². The lowest BCUT2D eigenvalue weighted by Crippen LogP contribution is -2.43. The molecule has 7 heteroatoms. The number of hydrogen-bond acceptors (Lipinski definition) is 7. The summed E-state index contributed by atoms with van der Waals surface area (Å²) in [6.45, 7) is 11.1. The predicted octanol–water partition coefficient (Wildman–Crippen LogP) is -1.50. The molecule has 0 spiro atoms. The van der Waals surface area contributed by atoms with Crippen LogP contribution in [0, 0.1) is 0 Å². The van der Waals surface area contributed by atoms with E-state index in [2.05, 4.69) is 26.9 Å². The van der Waals surface area contributed by atoms with Crippen LogP contribution in [0.1, 0.15) is 13.3 Å². The van der Waals surface area contributed by atoms with Gasteiger partial charge in [0, 0.05) is 58.9 Å². The van der Waals surface area contributed by atoms with E-state index in [4.69, 9.17) is 10.2 Å². The monoisotopic (exact) mass is 334 g/mol. The molecule has 7 nitrogen and oxygen atoms in total. The van der Waals surface area contributed by atoms with Gasteiger partial charge in [0.25, 0.3) is 0 Å². The second-order valence-electron chi connectivity index (χ2n) is 5.80. The lowest BCUT2D eigenvalue weighted by molar-refractivity contribution is 0.125. The standard InChI is InChI=1S/C16H38N4O3/c1-3-5-18(6-4-17-2)7-8-19(11-14-21)9-10-20(12-15-22)13-16-23/h17,21-23H,3-16H2,1-2H3. The van der Waals surface area contributed by atoms with Gasteiger partial charge in [-0.15, -0.1) is 0 Å². The molecular weight excluding hydrogens is 296 g/mol. The minimum Gasteiger partial charge on any atom is -0.395 e. The van der Waals surface area contributed by atoms with E-state index in [0.717, 1.165) is 52.2 Å². The third-order valence-electron chi connectivity index (χ3n) is 3.93. The molecule has 0 unspecified atom stereocenters. The molecular formula is C16H38N4O3. The number of rotatable bonds is 17. The molecule has 0 rings (SSSR count). The maximum absolute atomic E-state index is 9.26. The van der Waals surface area contributed by atoms with Crippen molar-refractivity contribution < 1.29 is 15.3 Å². The van der Waals surface area contributed by atoms with Gasteiger partial charge in [-0.2, -0.15) is 0 Å². The largest absolute Gasteiger partial charge is 0.395 e. The van der Waals surface area contributed by atoms with Gasteiger partial charge in [-0.3, -0.25) is 9.80 Å². The molecule has 0 atom stereocenters. The number of nitrogens with zero attached hydrogens (tertiary/aromatic N) is 3. The van der Waals surface area contributed by atoms with Crippen LogP contribution in [0.15, 0.2) is 0 Å². The van der Waals surface area contributed by atoms with E-state index in [1.807, 2.05) is 7.05 Å². The molecule has 0 aromatic rings. The lowest BCUT2D eigenvalue weighted by Gasteiger charge is -2.29. The first-order chi connectivity index (χ1) is 11.2. The van der Waals surface area contributed by atoms with Crippen molar-refractivity contribution in [3.8, 4) is 0 Å². The van der Waals surface area contributed by atoms with E-state index in [0.29, 0.717) is 19.6 Å². The lowest BCUT2D eigenvalue weighted by atomic mass is 10.3. The first-order valence-electron chi connectivity index (χ1n) is 8.86. The number of aliphatic hydroxyl groups is 3. The summed E-state index contributed by atoms with van der Waals surface area (Å²) in [4.78, 5) is 6.75. The van der Waals surface area contributed by atoms with Crippen LogP contribution in [0.5, 0.6) is 0 Å². The predicted molar refractivity (Wildman–Crippen MR) is 94.8 cm³/mol. The minimum absolute atomic E-state index is 0.105. The fourth-order valence-corrected chi connectivity index (χ4v) is 2.58. The zero-order chi connectivity index (χ0) is 17.3. The van der Waals surface area contributed by atoms with Crippen molar-refractivity contribution in [3.63, 3.8) is 0 Å². The maximum atomic E-state index is 9.26. The fraction of sp³-hybridized carbons (Fsp3) is 1.00. The summed E-state index contributed by atoms with van der Waals surface area (Å²) in [5, 5.41) is 30.6. The Hall–Kier alpha value is -0.280. The highest BCUT2D eigenvalue weighted by atomic mass is 16.3. The quantitative estimate of drug-likeness (QED) is 0.258. The molecule has 0 aliphatic carbocycles. The van der Waals surface area contributed by atoms with Gasteiger partial charge < -0.3 is 25.5 Å². The van der Waals surface area contributed by atoms with Crippen LogP contribution >= 0.6 is 0 Å². The Morgan fingerprint density at radius 3 is 1.35 bits per heavy atom. The number of aliphatic hydroxyl groups excluding tert-OH is 3. The third-order valence-corrected chi connectivity index (χ3v) is 3.93. The minimum atomic E-state index is 0.105. The van der Waals surface area contributed by atoms with Crippen molar-refractivity contribution in [2.24, 2.45) is 0 Å². The highest BCUT2D eigenvalue weighted by Gasteiger charge is 2.11. The van der Waals surface area contributed by atoms with Gasteiger partial charge in [0.2, 0.25) is 0 Å². The summed E-state index contributed by atoms with van der Waals surface area (Å²) >= 11 is 0. The molecule has 0 aromatic carbocycles. The number of hydrogen-bond donors (Lipinski definition) is 4. The van der Waals surface area contributed by atoms with Crippen LogP contribution in [-0.4, -0.2) is 122 Å². The molecule has 0 aliphatic heterocycles. The van der Waals surface area contributed by atoms with Crippen LogP contribution in [-0.2, 0) is 0 Å². The summed E-state index contributed by atoms with van der Waals surface area (Å²) in [7, 11) is 1.97. The molecule has 0 radical (unpaired) electrons. The average molecular weight is 335 g/mol. The van der Waals surface area contributed by atoms with Crippen LogP contribution in [0.2, 0.25) is 0 Å². The van der Waals surface area contributed by atoms with Crippen molar-refractivity contribution in [1.29, 1.82) is 0 Å². The van der Waals surface area contributed by atoms with E-state index < -0.39 is 0 Å². The summed E-state index contributed by atoms with van der Waals surface area (Å²) in [5.74, 6) is 0. The Bertz CT molecular complexity index is 241. The van der Waals surface area contributed by atoms with Gasteiger partial charge in [0.1, 0.15) is 0 Å². The number of nitrogens with one attached hydrogen (secondary N) is 1. The molecule has 0 saturated carbocycles. The van der Waals surface area contributed by atoms with Crippen molar-refractivity contribution in [1.82, 2.24) is 20.0 Å². The van der Waals surface area contributed by atoms with E-state index in [1.54, 1.807) is 0 Å². The molecule has 0 heterocycles. The van der Waals surface area contributed by atoms with E-state index in [9.17, 15) is 5.11 Å². The molecule has 0 bridgehead atoms. The zero-order valence-corrected chi connectivity index (χ0v) is 15.1. The Kier molecular flexibility index (Phi) is 16.4. The molecule has 0 aliphatic rings. The van der Waals surface area contributed by atoms with Gasteiger partial charge in [0.15, 0.2) is 0 Å². The smallest absolute Gasteiger partial charge is 0.0558 e. The molecule has 0 fully saturated rings. The van der Waals surface area contributed by atoms with Crippen molar-refractivity contribution in [2.75, 3.05) is 92.3 Å². The SMILES string of the molecule is CCCN(CCNC)CCN(CCO)CCN(CCO)CCO. The van der Waals surface area contributed by atoms with Crippen LogP contribution in [0.25, 0.3) is 0 Å². The Balaban J connectivity index is 4.24. The van der Waals surface area contributed by atoms with Crippen LogP contribution in [0.4, 0.5) is 0 Å². The van der Waals surface area contributed by atoms with Crippen molar-refractivity contribution in [3.05, 3.63) is 0 Å². The van der Waals surface area contributed by atoms with Crippen LogP contribution in [0.3, 0.4) is 0 Å². The second-order valence-corrected chi connectivity index (χ2v) is 5.80. The normalized spacial score (nSPS) is 12.0. The fourth-order valence-electron chi connectivity index (χ4n) is 2.58. The highest BCUT2D eigenvalue weighted by molar-refractivity contribution is 4.67.